The summed E-state index contributed by atoms with van der Waals surface area (Å²) in [6.07, 6.45) is 0. The van der Waals surface area contributed by atoms with Gasteiger partial charge in [-0.15, -0.1) is 0 Å². The normalized spacial score (nSPS) is 11.1. The molecule has 1 amide bonds. The second-order valence-corrected chi connectivity index (χ2v) is 8.27. The molecule has 0 atom stereocenters. The number of benzene rings is 3. The standard InChI is InChI=1S/C21H19FN2O3S/c1-15-6-12-20(13-7-15)28(26,27)24(2)19-10-8-16(9-11-19)21(25)23-18-5-3-4-17(22)14-18/h3-14H,1-2H3,(H,23,25). The molecule has 0 spiro atoms. The molecular weight excluding hydrogens is 379 g/mol. The van der Waals surface area contributed by atoms with Crippen molar-refractivity contribution in [2.24, 2.45) is 0 Å². The third-order valence-electron chi connectivity index (χ3n) is 4.25. The predicted octanol–water partition coefficient (Wildman–Crippen LogP) is 4.21. The largest absolute Gasteiger partial charge is 0.322 e. The Labute approximate surface area is 163 Å². The Morgan fingerprint density at radius 3 is 2.21 bits per heavy atom. The van der Waals surface area contributed by atoms with E-state index in [2.05, 4.69) is 5.32 Å². The number of hydrogen-bond donors (Lipinski definition) is 1. The van der Waals surface area contributed by atoms with Gasteiger partial charge in [-0.1, -0.05) is 23.8 Å². The number of aryl methyl sites for hydroxylation is 1. The van der Waals surface area contributed by atoms with Crippen molar-refractivity contribution in [3.8, 4) is 0 Å². The second kappa shape index (κ2) is 7.82. The fourth-order valence-corrected chi connectivity index (χ4v) is 3.79. The van der Waals surface area contributed by atoms with Gasteiger partial charge in [0.05, 0.1) is 10.6 Å². The van der Waals surface area contributed by atoms with Gasteiger partial charge in [-0.25, -0.2) is 12.8 Å². The Bertz CT molecular complexity index is 1100. The van der Waals surface area contributed by atoms with E-state index >= 15 is 0 Å². The van der Waals surface area contributed by atoms with Crippen molar-refractivity contribution in [2.75, 3.05) is 16.7 Å². The van der Waals surface area contributed by atoms with Gasteiger partial charge in [-0.05, 0) is 61.5 Å². The van der Waals surface area contributed by atoms with Crippen molar-refractivity contribution in [2.45, 2.75) is 11.8 Å². The number of hydrogen-bond acceptors (Lipinski definition) is 3. The van der Waals surface area contributed by atoms with Crippen LogP contribution in [0.3, 0.4) is 0 Å². The average molecular weight is 398 g/mol. The quantitative estimate of drug-likeness (QED) is 0.700. The number of carbonyl (C=O) groups is 1. The van der Waals surface area contributed by atoms with Gasteiger partial charge >= 0.3 is 0 Å². The molecule has 0 radical (unpaired) electrons. The lowest BCUT2D eigenvalue weighted by Gasteiger charge is -2.20. The van der Waals surface area contributed by atoms with Crippen molar-refractivity contribution < 1.29 is 17.6 Å². The van der Waals surface area contributed by atoms with E-state index in [1.807, 2.05) is 6.92 Å². The van der Waals surface area contributed by atoms with Crippen LogP contribution in [0.4, 0.5) is 15.8 Å². The van der Waals surface area contributed by atoms with E-state index in [9.17, 15) is 17.6 Å². The molecule has 0 saturated carbocycles. The molecule has 0 unspecified atom stereocenters. The summed E-state index contributed by atoms with van der Waals surface area (Å²) in [6, 6.07) is 18.3. The Morgan fingerprint density at radius 2 is 1.61 bits per heavy atom. The van der Waals surface area contributed by atoms with Gasteiger partial charge in [0, 0.05) is 18.3 Å². The molecule has 3 rings (SSSR count). The predicted molar refractivity (Wildman–Crippen MR) is 108 cm³/mol. The zero-order valence-electron chi connectivity index (χ0n) is 15.4. The molecule has 0 aromatic heterocycles. The summed E-state index contributed by atoms with van der Waals surface area (Å²) in [4.78, 5) is 12.5. The summed E-state index contributed by atoms with van der Waals surface area (Å²) in [5.74, 6) is -0.864. The molecule has 3 aromatic rings. The molecule has 28 heavy (non-hydrogen) atoms. The van der Waals surface area contributed by atoms with Crippen molar-refractivity contribution in [1.29, 1.82) is 0 Å². The van der Waals surface area contributed by atoms with E-state index in [0.29, 0.717) is 16.9 Å². The van der Waals surface area contributed by atoms with Gasteiger partial charge in [-0.3, -0.25) is 9.10 Å². The highest BCUT2D eigenvalue weighted by atomic mass is 32.2. The molecule has 1 N–H and O–H groups in total. The second-order valence-electron chi connectivity index (χ2n) is 6.30. The van der Waals surface area contributed by atoms with Gasteiger partial charge in [0.25, 0.3) is 15.9 Å². The maximum absolute atomic E-state index is 13.2. The Morgan fingerprint density at radius 1 is 0.964 bits per heavy atom. The summed E-state index contributed by atoms with van der Waals surface area (Å²) < 4.78 is 39.9. The topological polar surface area (TPSA) is 66.5 Å². The number of carbonyl (C=O) groups excluding carboxylic acids is 1. The molecule has 0 saturated heterocycles. The van der Waals surface area contributed by atoms with Crippen LogP contribution in [0.1, 0.15) is 15.9 Å². The monoisotopic (exact) mass is 398 g/mol. The third-order valence-corrected chi connectivity index (χ3v) is 6.05. The van der Waals surface area contributed by atoms with Crippen molar-refractivity contribution in [3.05, 3.63) is 89.7 Å². The van der Waals surface area contributed by atoms with E-state index in [-0.39, 0.29) is 4.90 Å². The first kappa shape index (κ1) is 19.6. The van der Waals surface area contributed by atoms with Crippen LogP contribution in [0.2, 0.25) is 0 Å². The van der Waals surface area contributed by atoms with Gasteiger partial charge in [-0.2, -0.15) is 0 Å². The van der Waals surface area contributed by atoms with Crippen LogP contribution in [-0.4, -0.2) is 21.4 Å². The summed E-state index contributed by atoms with van der Waals surface area (Å²) in [7, 11) is -2.25. The van der Waals surface area contributed by atoms with E-state index in [1.54, 1.807) is 42.5 Å². The van der Waals surface area contributed by atoms with Gasteiger partial charge in [0.1, 0.15) is 5.82 Å². The average Bonchev–Trinajstić information content (AvgIpc) is 2.68. The molecule has 144 valence electrons. The minimum absolute atomic E-state index is 0.188. The molecular formula is C21H19FN2O3S. The number of nitrogens with one attached hydrogen (secondary N) is 1. The number of sulfonamides is 1. The molecule has 0 fully saturated rings. The van der Waals surface area contributed by atoms with Crippen LogP contribution >= 0.6 is 0 Å². The fourth-order valence-electron chi connectivity index (χ4n) is 2.60. The first-order valence-electron chi connectivity index (χ1n) is 8.50. The summed E-state index contributed by atoms with van der Waals surface area (Å²) >= 11 is 0. The fraction of sp³-hybridized carbons (Fsp3) is 0.0952. The molecule has 0 aliphatic heterocycles. The minimum Gasteiger partial charge on any atom is -0.322 e. The lowest BCUT2D eigenvalue weighted by molar-refractivity contribution is 0.102. The highest BCUT2D eigenvalue weighted by Crippen LogP contribution is 2.23. The van der Waals surface area contributed by atoms with Crippen LogP contribution in [0, 0.1) is 12.7 Å². The van der Waals surface area contributed by atoms with Crippen molar-refractivity contribution in [1.82, 2.24) is 0 Å². The van der Waals surface area contributed by atoms with E-state index < -0.39 is 21.7 Å². The summed E-state index contributed by atoms with van der Waals surface area (Å²) in [5.41, 5.74) is 2.06. The Balaban J connectivity index is 1.77. The molecule has 5 nitrogen and oxygen atoms in total. The van der Waals surface area contributed by atoms with Crippen LogP contribution < -0.4 is 9.62 Å². The molecule has 3 aromatic carbocycles. The Hall–Kier alpha value is -3.19. The van der Waals surface area contributed by atoms with Gasteiger partial charge in [0.2, 0.25) is 0 Å². The maximum atomic E-state index is 13.2. The maximum Gasteiger partial charge on any atom is 0.264 e. The first-order valence-corrected chi connectivity index (χ1v) is 9.94. The first-order chi connectivity index (χ1) is 13.3. The van der Waals surface area contributed by atoms with Crippen LogP contribution in [0.15, 0.2) is 77.7 Å². The summed E-state index contributed by atoms with van der Waals surface area (Å²) in [6.45, 7) is 1.88. The van der Waals surface area contributed by atoms with Gasteiger partial charge in [0.15, 0.2) is 0 Å². The summed E-state index contributed by atoms with van der Waals surface area (Å²) in [5, 5.41) is 2.60. The lowest BCUT2D eigenvalue weighted by Crippen LogP contribution is -2.26. The zero-order chi connectivity index (χ0) is 20.3. The molecule has 0 bridgehead atoms. The number of rotatable bonds is 5. The van der Waals surface area contributed by atoms with Gasteiger partial charge < -0.3 is 5.32 Å². The Kier molecular flexibility index (Phi) is 5.46. The van der Waals surface area contributed by atoms with Crippen LogP contribution in [-0.2, 0) is 10.0 Å². The van der Waals surface area contributed by atoms with E-state index in [1.165, 1.54) is 37.4 Å². The molecule has 0 aliphatic carbocycles. The van der Waals surface area contributed by atoms with Crippen LogP contribution in [0.25, 0.3) is 0 Å². The van der Waals surface area contributed by atoms with E-state index in [4.69, 9.17) is 0 Å². The van der Waals surface area contributed by atoms with E-state index in [0.717, 1.165) is 9.87 Å². The van der Waals surface area contributed by atoms with Crippen molar-refractivity contribution >= 4 is 27.3 Å². The zero-order valence-corrected chi connectivity index (χ0v) is 16.2. The SMILES string of the molecule is Cc1ccc(S(=O)(=O)N(C)c2ccc(C(=O)Nc3cccc(F)c3)cc2)cc1. The smallest absolute Gasteiger partial charge is 0.264 e. The number of halogens is 1. The molecule has 0 aliphatic rings. The number of nitrogens with zero attached hydrogens (tertiary/aromatic N) is 1. The molecule has 7 heteroatoms. The molecule has 0 heterocycles. The minimum atomic E-state index is -3.70. The highest BCUT2D eigenvalue weighted by Gasteiger charge is 2.21. The lowest BCUT2D eigenvalue weighted by atomic mass is 10.2. The third kappa shape index (κ3) is 4.20. The highest BCUT2D eigenvalue weighted by molar-refractivity contribution is 7.92. The van der Waals surface area contributed by atoms with Crippen LogP contribution in [0.5, 0.6) is 0 Å². The van der Waals surface area contributed by atoms with Crippen molar-refractivity contribution in [3.63, 3.8) is 0 Å². The number of amides is 1. The number of anilines is 2.